The van der Waals surface area contributed by atoms with Gasteiger partial charge in [0.05, 0.1) is 0 Å². The fourth-order valence-electron chi connectivity index (χ4n) is 2.13. The van der Waals surface area contributed by atoms with Gasteiger partial charge in [0.2, 0.25) is 0 Å². The van der Waals surface area contributed by atoms with Crippen LogP contribution in [-0.2, 0) is 4.79 Å². The Bertz CT molecular complexity index is 401. The highest BCUT2D eigenvalue weighted by atomic mass is 16.4. The molecule has 0 saturated heterocycles. The van der Waals surface area contributed by atoms with E-state index in [-0.39, 0.29) is 0 Å². The van der Waals surface area contributed by atoms with Gasteiger partial charge in [-0.1, -0.05) is 30.7 Å². The number of aryl methyl sites for hydroxylation is 1. The summed E-state index contributed by atoms with van der Waals surface area (Å²) < 4.78 is 0. The molecule has 0 aromatic heterocycles. The molecule has 2 N–H and O–H groups in total. The van der Waals surface area contributed by atoms with Gasteiger partial charge in [-0.15, -0.1) is 0 Å². The van der Waals surface area contributed by atoms with Crippen LogP contribution in [0.5, 0.6) is 0 Å². The average Bonchev–Trinajstić information content (AvgIpc) is 2.17. The van der Waals surface area contributed by atoms with E-state index in [0.29, 0.717) is 5.92 Å². The summed E-state index contributed by atoms with van der Waals surface area (Å²) in [6.07, 6.45) is 0. The summed E-state index contributed by atoms with van der Waals surface area (Å²) in [7, 11) is 0. The molecule has 2 atom stereocenters. The Hall–Kier alpha value is -1.35. The Kier molecular flexibility index (Phi) is 2.49. The SMILES string of the molecule is Cc1ccc2c(c1)[C@@H](C(=O)O)NC[C@@H]2C. The molecule has 1 aliphatic heterocycles. The minimum Gasteiger partial charge on any atom is -0.480 e. The predicted molar refractivity (Wildman–Crippen MR) is 58.0 cm³/mol. The topological polar surface area (TPSA) is 49.3 Å². The Morgan fingerprint density at radius 1 is 1.47 bits per heavy atom. The number of benzene rings is 1. The van der Waals surface area contributed by atoms with Gasteiger partial charge in [0.25, 0.3) is 0 Å². The molecule has 1 heterocycles. The van der Waals surface area contributed by atoms with Crippen molar-refractivity contribution in [2.24, 2.45) is 0 Å². The van der Waals surface area contributed by atoms with Gasteiger partial charge < -0.3 is 10.4 Å². The molecule has 0 aliphatic carbocycles. The Morgan fingerprint density at radius 3 is 2.87 bits per heavy atom. The van der Waals surface area contributed by atoms with Crippen molar-refractivity contribution >= 4 is 5.97 Å². The minimum atomic E-state index is -0.797. The highest BCUT2D eigenvalue weighted by molar-refractivity contribution is 5.76. The van der Waals surface area contributed by atoms with Crippen LogP contribution in [0.1, 0.15) is 35.6 Å². The van der Waals surface area contributed by atoms with E-state index in [4.69, 9.17) is 5.11 Å². The van der Waals surface area contributed by atoms with Crippen LogP contribution in [0.3, 0.4) is 0 Å². The summed E-state index contributed by atoms with van der Waals surface area (Å²) >= 11 is 0. The van der Waals surface area contributed by atoms with Crippen molar-refractivity contribution in [2.45, 2.75) is 25.8 Å². The number of aliphatic carboxylic acids is 1. The van der Waals surface area contributed by atoms with E-state index in [0.717, 1.165) is 23.2 Å². The van der Waals surface area contributed by atoms with Gasteiger partial charge in [-0.05, 0) is 24.0 Å². The van der Waals surface area contributed by atoms with Crippen molar-refractivity contribution in [2.75, 3.05) is 6.54 Å². The highest BCUT2D eigenvalue weighted by Crippen LogP contribution is 2.30. The van der Waals surface area contributed by atoms with E-state index in [1.54, 1.807) is 0 Å². The van der Waals surface area contributed by atoms with Gasteiger partial charge in [0.1, 0.15) is 6.04 Å². The zero-order valence-corrected chi connectivity index (χ0v) is 8.95. The third-order valence-electron chi connectivity index (χ3n) is 2.96. The number of carbonyl (C=O) groups is 1. The molecule has 3 nitrogen and oxygen atoms in total. The predicted octanol–water partition coefficient (Wildman–Crippen LogP) is 1.83. The van der Waals surface area contributed by atoms with Crippen molar-refractivity contribution in [1.29, 1.82) is 0 Å². The summed E-state index contributed by atoms with van der Waals surface area (Å²) in [5.41, 5.74) is 3.18. The highest BCUT2D eigenvalue weighted by Gasteiger charge is 2.28. The number of carboxylic acid groups (broad SMARTS) is 1. The molecule has 80 valence electrons. The van der Waals surface area contributed by atoms with Crippen molar-refractivity contribution in [3.05, 3.63) is 34.9 Å². The monoisotopic (exact) mass is 205 g/mol. The van der Waals surface area contributed by atoms with Gasteiger partial charge in [-0.3, -0.25) is 4.79 Å². The zero-order chi connectivity index (χ0) is 11.0. The van der Waals surface area contributed by atoms with Gasteiger partial charge >= 0.3 is 5.97 Å². The van der Waals surface area contributed by atoms with Crippen LogP contribution in [0.15, 0.2) is 18.2 Å². The lowest BCUT2D eigenvalue weighted by Crippen LogP contribution is -2.36. The van der Waals surface area contributed by atoms with Crippen LogP contribution in [-0.4, -0.2) is 17.6 Å². The summed E-state index contributed by atoms with van der Waals surface area (Å²) in [5, 5.41) is 12.2. The lowest BCUT2D eigenvalue weighted by atomic mass is 9.87. The molecule has 0 bridgehead atoms. The first-order chi connectivity index (χ1) is 7.09. The molecule has 3 heteroatoms. The molecule has 2 rings (SSSR count). The number of fused-ring (bicyclic) bond motifs is 1. The second-order valence-electron chi connectivity index (χ2n) is 4.21. The van der Waals surface area contributed by atoms with Crippen LogP contribution < -0.4 is 5.32 Å². The summed E-state index contributed by atoms with van der Waals surface area (Å²) in [6, 6.07) is 5.51. The van der Waals surface area contributed by atoms with Crippen LogP contribution >= 0.6 is 0 Å². The van der Waals surface area contributed by atoms with Crippen molar-refractivity contribution in [3.63, 3.8) is 0 Å². The third kappa shape index (κ3) is 1.75. The Balaban J connectivity index is 2.51. The third-order valence-corrected chi connectivity index (χ3v) is 2.96. The van der Waals surface area contributed by atoms with E-state index < -0.39 is 12.0 Å². The van der Waals surface area contributed by atoms with Gasteiger partial charge in [0, 0.05) is 6.54 Å². The number of hydrogen-bond acceptors (Lipinski definition) is 2. The molecule has 1 aromatic carbocycles. The standard InChI is InChI=1S/C12H15NO2/c1-7-3-4-9-8(2)6-13-11(12(14)15)10(9)5-7/h3-5,8,11,13H,6H2,1-2H3,(H,14,15)/t8-,11-/m0/s1. The molecule has 0 amide bonds. The minimum absolute atomic E-state index is 0.385. The summed E-state index contributed by atoms with van der Waals surface area (Å²) in [4.78, 5) is 11.1. The number of rotatable bonds is 1. The second-order valence-corrected chi connectivity index (χ2v) is 4.21. The largest absolute Gasteiger partial charge is 0.480 e. The van der Waals surface area contributed by atoms with Crippen LogP contribution in [0.4, 0.5) is 0 Å². The molecule has 1 aliphatic rings. The summed E-state index contributed by atoms with van der Waals surface area (Å²) in [5.74, 6) is -0.412. The van der Waals surface area contributed by atoms with Crippen molar-refractivity contribution in [1.82, 2.24) is 5.32 Å². The Morgan fingerprint density at radius 2 is 2.20 bits per heavy atom. The normalized spacial score (nSPS) is 24.7. The van der Waals surface area contributed by atoms with Crippen molar-refractivity contribution < 1.29 is 9.90 Å². The molecule has 15 heavy (non-hydrogen) atoms. The number of carboxylic acids is 1. The average molecular weight is 205 g/mol. The molecule has 0 unspecified atom stereocenters. The summed E-state index contributed by atoms with van der Waals surface area (Å²) in [6.45, 7) is 4.82. The first-order valence-corrected chi connectivity index (χ1v) is 5.16. The lowest BCUT2D eigenvalue weighted by Gasteiger charge is -2.28. The van der Waals surface area contributed by atoms with Crippen LogP contribution in [0, 0.1) is 6.92 Å². The maximum absolute atomic E-state index is 11.1. The fraction of sp³-hybridized carbons (Fsp3) is 0.417. The van der Waals surface area contributed by atoms with E-state index in [2.05, 4.69) is 12.2 Å². The van der Waals surface area contributed by atoms with E-state index in [9.17, 15) is 4.79 Å². The molecule has 0 radical (unpaired) electrons. The van der Waals surface area contributed by atoms with Gasteiger partial charge in [-0.2, -0.15) is 0 Å². The van der Waals surface area contributed by atoms with E-state index in [1.165, 1.54) is 0 Å². The zero-order valence-electron chi connectivity index (χ0n) is 8.95. The lowest BCUT2D eigenvalue weighted by molar-refractivity contribution is -0.139. The molecule has 0 fully saturated rings. The molecule has 0 spiro atoms. The first kappa shape index (κ1) is 10.2. The molecule has 0 saturated carbocycles. The van der Waals surface area contributed by atoms with E-state index in [1.807, 2.05) is 25.1 Å². The number of nitrogens with one attached hydrogen (secondary N) is 1. The molecular formula is C12H15NO2. The first-order valence-electron chi connectivity index (χ1n) is 5.16. The fourth-order valence-corrected chi connectivity index (χ4v) is 2.13. The number of hydrogen-bond donors (Lipinski definition) is 2. The van der Waals surface area contributed by atoms with E-state index >= 15 is 0 Å². The van der Waals surface area contributed by atoms with Gasteiger partial charge in [-0.25, -0.2) is 0 Å². The van der Waals surface area contributed by atoms with Crippen molar-refractivity contribution in [3.8, 4) is 0 Å². The maximum Gasteiger partial charge on any atom is 0.325 e. The Labute approximate surface area is 89.1 Å². The second kappa shape index (κ2) is 3.66. The smallest absolute Gasteiger partial charge is 0.325 e. The van der Waals surface area contributed by atoms with Gasteiger partial charge in [0.15, 0.2) is 0 Å². The molecule has 1 aromatic rings. The molecular weight excluding hydrogens is 190 g/mol. The maximum atomic E-state index is 11.1. The van der Waals surface area contributed by atoms with Crippen LogP contribution in [0.25, 0.3) is 0 Å². The van der Waals surface area contributed by atoms with Crippen LogP contribution in [0.2, 0.25) is 0 Å². The quantitative estimate of drug-likeness (QED) is 0.735.